The number of halogens is 2. The number of rotatable bonds is 2. The van der Waals surface area contributed by atoms with Crippen molar-refractivity contribution < 1.29 is 9.18 Å². The van der Waals surface area contributed by atoms with Crippen molar-refractivity contribution in [2.24, 2.45) is 11.7 Å². The molecule has 0 aliphatic carbocycles. The quantitative estimate of drug-likeness (QED) is 0.823. The predicted octanol–water partition coefficient (Wildman–Crippen LogP) is 2.37. The van der Waals surface area contributed by atoms with Gasteiger partial charge in [-0.05, 0) is 43.3 Å². The van der Waals surface area contributed by atoms with Crippen molar-refractivity contribution in [2.45, 2.75) is 12.8 Å². The molecule has 1 aliphatic heterocycles. The number of amides is 1. The summed E-state index contributed by atoms with van der Waals surface area (Å²) in [6.45, 7) is 1.28. The molecular weight excluding hydrogens is 301 g/mol. The van der Waals surface area contributed by atoms with E-state index in [1.54, 1.807) is 6.07 Å². The Kier molecular flexibility index (Phi) is 4.77. The molecule has 1 aromatic rings. The minimum Gasteiger partial charge on any atom is -0.369 e. The Balaban J connectivity index is 2.00. The maximum atomic E-state index is 13.1. The molecule has 0 radical (unpaired) electrons. The van der Waals surface area contributed by atoms with E-state index in [0.717, 1.165) is 19.4 Å². The van der Waals surface area contributed by atoms with Gasteiger partial charge >= 0.3 is 0 Å². The summed E-state index contributed by atoms with van der Waals surface area (Å²) in [6, 6.07) is 4.30. The minimum atomic E-state index is -0.477. The number of benzene rings is 1. The number of carbonyl (C=O) groups is 1. The smallest absolute Gasteiger partial charge is 0.222 e. The van der Waals surface area contributed by atoms with Gasteiger partial charge in [-0.1, -0.05) is 11.6 Å². The number of nitrogens with one attached hydrogen (secondary N) is 1. The van der Waals surface area contributed by atoms with Crippen molar-refractivity contribution >= 4 is 40.5 Å². The van der Waals surface area contributed by atoms with Crippen LogP contribution in [0.15, 0.2) is 18.2 Å². The zero-order valence-corrected chi connectivity index (χ0v) is 12.3. The van der Waals surface area contributed by atoms with Crippen LogP contribution >= 0.6 is 23.8 Å². The van der Waals surface area contributed by atoms with Gasteiger partial charge in [-0.15, -0.1) is 0 Å². The lowest BCUT2D eigenvalue weighted by molar-refractivity contribution is -0.122. The van der Waals surface area contributed by atoms with Gasteiger partial charge in [0.25, 0.3) is 0 Å². The molecule has 7 heteroatoms. The molecule has 20 heavy (non-hydrogen) atoms. The fourth-order valence-corrected chi connectivity index (χ4v) is 2.63. The summed E-state index contributed by atoms with van der Waals surface area (Å²) in [4.78, 5) is 13.1. The average molecular weight is 316 g/mol. The van der Waals surface area contributed by atoms with Crippen LogP contribution < -0.4 is 11.1 Å². The summed E-state index contributed by atoms with van der Waals surface area (Å²) in [5.74, 6) is -0.961. The van der Waals surface area contributed by atoms with Gasteiger partial charge in [0.2, 0.25) is 5.91 Å². The maximum Gasteiger partial charge on any atom is 0.222 e. The third kappa shape index (κ3) is 3.58. The number of carbonyl (C=O) groups excluding carboxylic acids is 1. The first-order valence-electron chi connectivity index (χ1n) is 6.27. The molecule has 1 fully saturated rings. The van der Waals surface area contributed by atoms with Crippen LogP contribution in [-0.2, 0) is 4.79 Å². The molecule has 108 valence electrons. The molecule has 1 heterocycles. The van der Waals surface area contributed by atoms with Crippen LogP contribution in [0.1, 0.15) is 12.8 Å². The molecule has 0 bridgehead atoms. The van der Waals surface area contributed by atoms with Crippen LogP contribution in [0.4, 0.5) is 10.1 Å². The Morgan fingerprint density at radius 1 is 1.55 bits per heavy atom. The SMILES string of the molecule is NC(=O)[C@@H]1CCCN(C(=S)Nc2ccc(F)c(Cl)c2)C1. The Hall–Kier alpha value is -1.40. The van der Waals surface area contributed by atoms with Crippen LogP contribution in [0, 0.1) is 11.7 Å². The lowest BCUT2D eigenvalue weighted by Crippen LogP contribution is -2.45. The summed E-state index contributed by atoms with van der Waals surface area (Å²) in [6.07, 6.45) is 1.65. The van der Waals surface area contributed by atoms with Crippen molar-refractivity contribution in [3.05, 3.63) is 29.0 Å². The van der Waals surface area contributed by atoms with Crippen molar-refractivity contribution in [3.63, 3.8) is 0 Å². The first-order chi connectivity index (χ1) is 9.47. The van der Waals surface area contributed by atoms with Crippen LogP contribution in [0.25, 0.3) is 0 Å². The lowest BCUT2D eigenvalue weighted by atomic mass is 9.98. The van der Waals surface area contributed by atoms with Gasteiger partial charge < -0.3 is 16.0 Å². The van der Waals surface area contributed by atoms with Gasteiger partial charge in [0.1, 0.15) is 5.82 Å². The van der Waals surface area contributed by atoms with Gasteiger partial charge in [-0.2, -0.15) is 0 Å². The van der Waals surface area contributed by atoms with Gasteiger partial charge in [0.15, 0.2) is 5.11 Å². The highest BCUT2D eigenvalue weighted by atomic mass is 35.5. The molecule has 2 rings (SSSR count). The normalized spacial score (nSPS) is 18.7. The minimum absolute atomic E-state index is 0.0338. The van der Waals surface area contributed by atoms with E-state index >= 15 is 0 Å². The molecule has 1 aromatic carbocycles. The topological polar surface area (TPSA) is 58.4 Å². The van der Waals surface area contributed by atoms with Gasteiger partial charge in [-0.3, -0.25) is 4.79 Å². The fourth-order valence-electron chi connectivity index (χ4n) is 2.17. The Bertz CT molecular complexity index is 540. The van der Waals surface area contributed by atoms with E-state index in [9.17, 15) is 9.18 Å². The molecule has 0 unspecified atom stereocenters. The zero-order chi connectivity index (χ0) is 14.7. The highest BCUT2D eigenvalue weighted by molar-refractivity contribution is 7.80. The monoisotopic (exact) mass is 315 g/mol. The first-order valence-corrected chi connectivity index (χ1v) is 7.06. The number of nitrogens with two attached hydrogens (primary N) is 1. The number of likely N-dealkylation sites (tertiary alicyclic amines) is 1. The molecule has 0 spiro atoms. The van der Waals surface area contributed by atoms with Crippen molar-refractivity contribution in [2.75, 3.05) is 18.4 Å². The summed E-state index contributed by atoms with van der Waals surface area (Å²) in [5, 5.41) is 3.51. The standard InChI is InChI=1S/C13H15ClFN3OS/c14-10-6-9(3-4-11(10)15)17-13(20)18-5-1-2-8(7-18)12(16)19/h3-4,6,8H,1-2,5,7H2,(H2,16,19)(H,17,20)/t8-/m1/s1. The fraction of sp³-hybridized carbons (Fsp3) is 0.385. The number of hydrogen-bond donors (Lipinski definition) is 2. The molecule has 1 amide bonds. The highest BCUT2D eigenvalue weighted by Gasteiger charge is 2.25. The van der Waals surface area contributed by atoms with Crippen LogP contribution in [0.3, 0.4) is 0 Å². The Morgan fingerprint density at radius 2 is 2.30 bits per heavy atom. The zero-order valence-electron chi connectivity index (χ0n) is 10.7. The molecule has 1 atom stereocenters. The van der Waals surface area contributed by atoms with E-state index in [-0.39, 0.29) is 16.8 Å². The third-order valence-corrected chi connectivity index (χ3v) is 3.93. The summed E-state index contributed by atoms with van der Waals surface area (Å²) >= 11 is 11.0. The number of nitrogens with zero attached hydrogens (tertiary/aromatic N) is 1. The van der Waals surface area contributed by atoms with Crippen LogP contribution in [-0.4, -0.2) is 29.0 Å². The molecule has 1 aliphatic rings. The second kappa shape index (κ2) is 6.37. The van der Waals surface area contributed by atoms with Crippen LogP contribution in [0.2, 0.25) is 5.02 Å². The van der Waals surface area contributed by atoms with Crippen molar-refractivity contribution in [1.82, 2.24) is 4.90 Å². The second-order valence-corrected chi connectivity index (χ2v) is 5.54. The van der Waals surface area contributed by atoms with E-state index in [4.69, 9.17) is 29.6 Å². The molecular formula is C13H15ClFN3OS. The van der Waals surface area contributed by atoms with Crippen molar-refractivity contribution in [3.8, 4) is 0 Å². The van der Waals surface area contributed by atoms with E-state index in [2.05, 4.69) is 5.32 Å². The van der Waals surface area contributed by atoms with Gasteiger partial charge in [-0.25, -0.2) is 4.39 Å². The van der Waals surface area contributed by atoms with Gasteiger partial charge in [0, 0.05) is 18.8 Å². The first kappa shape index (κ1) is 15.0. The van der Waals surface area contributed by atoms with E-state index < -0.39 is 5.82 Å². The highest BCUT2D eigenvalue weighted by Crippen LogP contribution is 2.21. The number of anilines is 1. The predicted molar refractivity (Wildman–Crippen MR) is 81.1 cm³/mol. The van der Waals surface area contributed by atoms with Crippen molar-refractivity contribution in [1.29, 1.82) is 0 Å². The summed E-state index contributed by atoms with van der Waals surface area (Å²) < 4.78 is 13.1. The lowest BCUT2D eigenvalue weighted by Gasteiger charge is -2.33. The Morgan fingerprint density at radius 3 is 2.95 bits per heavy atom. The van der Waals surface area contributed by atoms with E-state index in [0.29, 0.717) is 17.3 Å². The number of thiocarbonyl (C=S) groups is 1. The number of primary amides is 1. The molecule has 3 N–H and O–H groups in total. The third-order valence-electron chi connectivity index (χ3n) is 3.28. The second-order valence-electron chi connectivity index (χ2n) is 4.75. The summed E-state index contributed by atoms with van der Waals surface area (Å²) in [7, 11) is 0. The Labute approximate surface area is 127 Å². The van der Waals surface area contributed by atoms with E-state index in [1.807, 2.05) is 4.90 Å². The molecule has 1 saturated heterocycles. The van der Waals surface area contributed by atoms with Gasteiger partial charge in [0.05, 0.1) is 10.9 Å². The largest absolute Gasteiger partial charge is 0.369 e. The van der Waals surface area contributed by atoms with Crippen LogP contribution in [0.5, 0.6) is 0 Å². The average Bonchev–Trinajstić information content (AvgIpc) is 2.43. The number of piperidine rings is 1. The molecule has 0 aromatic heterocycles. The van der Waals surface area contributed by atoms with E-state index in [1.165, 1.54) is 12.1 Å². The molecule has 0 saturated carbocycles. The number of hydrogen-bond acceptors (Lipinski definition) is 2. The molecule has 4 nitrogen and oxygen atoms in total. The maximum absolute atomic E-state index is 13.1. The summed E-state index contributed by atoms with van der Waals surface area (Å²) in [5.41, 5.74) is 5.94.